The van der Waals surface area contributed by atoms with Gasteiger partial charge in [0.05, 0.1) is 25.7 Å². The predicted octanol–water partition coefficient (Wildman–Crippen LogP) is 2.34. The normalized spacial score (nSPS) is 17.3. The summed E-state index contributed by atoms with van der Waals surface area (Å²) in [5.74, 6) is -2.94. The molecule has 2 aromatic rings. The van der Waals surface area contributed by atoms with E-state index in [0.717, 1.165) is 11.4 Å². The molecular formula is C20H19F3N2O6S. The standard InChI is InChI=1S/C20H19F3N2O6S/c1-30-14-7-9-15(10-8-14)32(28,29)25-11-13-5-3-4-6-16(13)24(19(27)20(21,22)23)12-17(25)18(26)31-2/h3-10,17H,11-12H2,1-2H3. The number of alkyl halides is 3. The van der Waals surface area contributed by atoms with Crippen molar-refractivity contribution in [2.45, 2.75) is 23.7 Å². The highest BCUT2D eigenvalue weighted by Crippen LogP contribution is 2.34. The topological polar surface area (TPSA) is 93.2 Å². The Balaban J connectivity index is 2.15. The minimum Gasteiger partial charge on any atom is -0.497 e. The maximum Gasteiger partial charge on any atom is 0.471 e. The first kappa shape index (κ1) is 23.5. The zero-order valence-corrected chi connectivity index (χ0v) is 17.8. The van der Waals surface area contributed by atoms with Gasteiger partial charge in [0.1, 0.15) is 11.8 Å². The first-order valence-corrected chi connectivity index (χ1v) is 10.6. The Morgan fingerprint density at radius 1 is 1.03 bits per heavy atom. The van der Waals surface area contributed by atoms with Gasteiger partial charge in [-0.05, 0) is 35.9 Å². The van der Waals surface area contributed by atoms with Crippen LogP contribution in [0.2, 0.25) is 0 Å². The molecule has 0 N–H and O–H groups in total. The summed E-state index contributed by atoms with van der Waals surface area (Å²) in [6.45, 7) is -1.33. The average molecular weight is 472 g/mol. The van der Waals surface area contributed by atoms with Crippen molar-refractivity contribution in [3.8, 4) is 5.75 Å². The maximum atomic E-state index is 13.4. The Labute approximate surface area is 182 Å². The monoisotopic (exact) mass is 472 g/mol. The van der Waals surface area contributed by atoms with Crippen LogP contribution in [-0.2, 0) is 30.9 Å². The van der Waals surface area contributed by atoms with Gasteiger partial charge < -0.3 is 14.4 Å². The lowest BCUT2D eigenvalue weighted by Gasteiger charge is -2.29. The van der Waals surface area contributed by atoms with Crippen LogP contribution >= 0.6 is 0 Å². The molecule has 172 valence electrons. The summed E-state index contributed by atoms with van der Waals surface area (Å²) in [6.07, 6.45) is -5.24. The third-order valence-corrected chi connectivity index (χ3v) is 6.81. The fourth-order valence-corrected chi connectivity index (χ4v) is 4.90. The summed E-state index contributed by atoms with van der Waals surface area (Å²) in [6, 6.07) is 9.12. The second-order valence-electron chi connectivity index (χ2n) is 6.81. The molecule has 3 rings (SSSR count). The molecule has 0 radical (unpaired) electrons. The zero-order chi connectivity index (χ0) is 23.7. The van der Waals surface area contributed by atoms with E-state index < -0.39 is 47.2 Å². The van der Waals surface area contributed by atoms with Crippen LogP contribution in [-0.4, -0.2) is 57.6 Å². The van der Waals surface area contributed by atoms with Crippen LogP contribution < -0.4 is 9.64 Å². The number of carbonyl (C=O) groups excluding carboxylic acids is 2. The number of hydrogen-bond acceptors (Lipinski definition) is 6. The van der Waals surface area contributed by atoms with E-state index in [1.54, 1.807) is 0 Å². The molecule has 1 atom stereocenters. The summed E-state index contributed by atoms with van der Waals surface area (Å²) in [5, 5.41) is 0. The lowest BCUT2D eigenvalue weighted by Crippen LogP contribution is -2.52. The molecule has 0 aliphatic carbocycles. The number of ether oxygens (including phenoxy) is 2. The van der Waals surface area contributed by atoms with Crippen LogP contribution in [0.15, 0.2) is 53.4 Å². The highest BCUT2D eigenvalue weighted by atomic mass is 32.2. The van der Waals surface area contributed by atoms with Crippen molar-refractivity contribution in [2.24, 2.45) is 0 Å². The van der Waals surface area contributed by atoms with E-state index in [-0.39, 0.29) is 16.1 Å². The van der Waals surface area contributed by atoms with Gasteiger partial charge in [-0.25, -0.2) is 8.42 Å². The van der Waals surface area contributed by atoms with Crippen LogP contribution in [0.3, 0.4) is 0 Å². The van der Waals surface area contributed by atoms with E-state index in [9.17, 15) is 31.2 Å². The van der Waals surface area contributed by atoms with Gasteiger partial charge in [-0.3, -0.25) is 9.59 Å². The molecule has 0 bridgehead atoms. The number of anilines is 1. The fraction of sp³-hybridized carbons (Fsp3) is 0.300. The smallest absolute Gasteiger partial charge is 0.471 e. The van der Waals surface area contributed by atoms with Gasteiger partial charge in [-0.2, -0.15) is 17.5 Å². The summed E-state index contributed by atoms with van der Waals surface area (Å²) in [4.78, 5) is 24.8. The number of para-hydroxylation sites is 1. The Morgan fingerprint density at radius 3 is 2.22 bits per heavy atom. The molecule has 1 amide bonds. The molecule has 2 aromatic carbocycles. The molecule has 1 aliphatic rings. The largest absolute Gasteiger partial charge is 0.497 e. The number of amides is 1. The zero-order valence-electron chi connectivity index (χ0n) is 17.0. The molecule has 1 unspecified atom stereocenters. The van der Waals surface area contributed by atoms with E-state index in [4.69, 9.17) is 4.74 Å². The number of halogens is 3. The van der Waals surface area contributed by atoms with E-state index in [1.807, 2.05) is 0 Å². The van der Waals surface area contributed by atoms with Crippen LogP contribution in [0.5, 0.6) is 5.75 Å². The number of methoxy groups -OCH3 is 2. The summed E-state index contributed by atoms with van der Waals surface area (Å²) in [7, 11) is -2.01. The van der Waals surface area contributed by atoms with Gasteiger partial charge in [-0.1, -0.05) is 18.2 Å². The Bertz CT molecular complexity index is 1120. The number of benzene rings is 2. The van der Waals surface area contributed by atoms with Crippen molar-refractivity contribution in [1.82, 2.24) is 4.31 Å². The van der Waals surface area contributed by atoms with E-state index in [0.29, 0.717) is 10.6 Å². The lowest BCUT2D eigenvalue weighted by molar-refractivity contribution is -0.170. The fourth-order valence-electron chi connectivity index (χ4n) is 3.36. The van der Waals surface area contributed by atoms with Gasteiger partial charge in [0, 0.05) is 12.2 Å². The molecule has 8 nitrogen and oxygen atoms in total. The summed E-state index contributed by atoms with van der Waals surface area (Å²) >= 11 is 0. The lowest BCUT2D eigenvalue weighted by atomic mass is 10.1. The first-order valence-electron chi connectivity index (χ1n) is 9.21. The molecule has 0 saturated heterocycles. The minimum atomic E-state index is -5.24. The van der Waals surface area contributed by atoms with E-state index in [2.05, 4.69) is 4.74 Å². The van der Waals surface area contributed by atoms with E-state index >= 15 is 0 Å². The van der Waals surface area contributed by atoms with Crippen LogP contribution in [0.1, 0.15) is 5.56 Å². The number of rotatable bonds is 4. The van der Waals surface area contributed by atoms with Crippen molar-refractivity contribution >= 4 is 27.6 Å². The third kappa shape index (κ3) is 4.41. The second-order valence-corrected chi connectivity index (χ2v) is 8.70. The third-order valence-electron chi connectivity index (χ3n) is 4.94. The van der Waals surface area contributed by atoms with Gasteiger partial charge in [0.25, 0.3) is 0 Å². The Hall–Kier alpha value is -3.12. The molecule has 0 fully saturated rings. The molecule has 12 heteroatoms. The van der Waals surface area contributed by atoms with Crippen molar-refractivity contribution in [1.29, 1.82) is 0 Å². The highest BCUT2D eigenvalue weighted by molar-refractivity contribution is 7.89. The van der Waals surface area contributed by atoms with Crippen molar-refractivity contribution in [3.63, 3.8) is 0 Å². The van der Waals surface area contributed by atoms with Crippen molar-refractivity contribution in [3.05, 3.63) is 54.1 Å². The number of nitrogens with zero attached hydrogens (tertiary/aromatic N) is 2. The molecule has 0 spiro atoms. The molecule has 1 heterocycles. The average Bonchev–Trinajstić information content (AvgIpc) is 2.95. The molecule has 0 aromatic heterocycles. The molecule has 32 heavy (non-hydrogen) atoms. The number of fused-ring (bicyclic) bond motifs is 1. The summed E-state index contributed by atoms with van der Waals surface area (Å²) < 4.78 is 77.1. The Kier molecular flexibility index (Phi) is 6.46. The van der Waals surface area contributed by atoms with Gasteiger partial charge >= 0.3 is 18.1 Å². The van der Waals surface area contributed by atoms with Crippen LogP contribution in [0, 0.1) is 0 Å². The van der Waals surface area contributed by atoms with Gasteiger partial charge in [-0.15, -0.1) is 0 Å². The van der Waals surface area contributed by atoms with E-state index in [1.165, 1.54) is 55.6 Å². The van der Waals surface area contributed by atoms with Crippen molar-refractivity contribution < 1.29 is 40.7 Å². The molecule has 0 saturated carbocycles. The second kappa shape index (κ2) is 8.79. The Morgan fingerprint density at radius 2 is 1.66 bits per heavy atom. The SMILES string of the molecule is COC(=O)C1CN(C(=O)C(F)(F)F)c2ccccc2CN1S(=O)(=O)c1ccc(OC)cc1. The maximum absolute atomic E-state index is 13.4. The summed E-state index contributed by atoms with van der Waals surface area (Å²) in [5.41, 5.74) is -0.0234. The predicted molar refractivity (Wildman–Crippen MR) is 106 cm³/mol. The number of esters is 1. The van der Waals surface area contributed by atoms with Gasteiger partial charge in [0.2, 0.25) is 10.0 Å². The number of carbonyl (C=O) groups is 2. The van der Waals surface area contributed by atoms with Crippen LogP contribution in [0.25, 0.3) is 0 Å². The quantitative estimate of drug-likeness (QED) is 0.635. The molecular weight excluding hydrogens is 453 g/mol. The van der Waals surface area contributed by atoms with Crippen molar-refractivity contribution in [2.75, 3.05) is 25.7 Å². The molecule has 1 aliphatic heterocycles. The number of hydrogen-bond donors (Lipinski definition) is 0. The van der Waals surface area contributed by atoms with Crippen LogP contribution in [0.4, 0.5) is 18.9 Å². The highest BCUT2D eigenvalue weighted by Gasteiger charge is 2.48. The van der Waals surface area contributed by atoms with Gasteiger partial charge in [0.15, 0.2) is 0 Å². The first-order chi connectivity index (χ1) is 15.0. The minimum absolute atomic E-state index is 0.119. The number of sulfonamides is 1.